The van der Waals surface area contributed by atoms with E-state index in [1.165, 1.54) is 11.3 Å². The number of hydrogen-bond acceptors (Lipinski definition) is 4. The van der Waals surface area contributed by atoms with E-state index in [0.29, 0.717) is 17.5 Å². The first-order valence-electron chi connectivity index (χ1n) is 9.92. The van der Waals surface area contributed by atoms with Gasteiger partial charge in [-0.3, -0.25) is 9.52 Å². The lowest BCUT2D eigenvalue weighted by Crippen LogP contribution is -2.31. The third kappa shape index (κ3) is 4.91. The van der Waals surface area contributed by atoms with Crippen molar-refractivity contribution in [3.8, 4) is 0 Å². The molecule has 5 nitrogen and oxygen atoms in total. The number of rotatable bonds is 8. The lowest BCUT2D eigenvalue weighted by Gasteiger charge is -2.19. The summed E-state index contributed by atoms with van der Waals surface area (Å²) in [6, 6.07) is 20.3. The average Bonchev–Trinajstić information content (AvgIpc) is 3.19. The topological polar surface area (TPSA) is 75.3 Å². The monoisotopic (exact) mass is 440 g/mol. The molecule has 0 bridgehead atoms. The molecule has 2 aromatic carbocycles. The minimum Gasteiger partial charge on any atom is -0.349 e. The molecule has 0 radical (unpaired) electrons. The molecule has 1 aliphatic rings. The molecule has 2 N–H and O–H groups in total. The fraction of sp³-hybridized carbons (Fsp3) is 0.261. The van der Waals surface area contributed by atoms with Gasteiger partial charge in [0.1, 0.15) is 4.21 Å². The van der Waals surface area contributed by atoms with Gasteiger partial charge in [-0.25, -0.2) is 8.42 Å². The van der Waals surface area contributed by atoms with E-state index in [9.17, 15) is 13.2 Å². The number of nitrogens with one attached hydrogen (secondary N) is 2. The van der Waals surface area contributed by atoms with E-state index >= 15 is 0 Å². The van der Waals surface area contributed by atoms with Gasteiger partial charge in [0.25, 0.3) is 10.0 Å². The number of anilines is 1. The van der Waals surface area contributed by atoms with Gasteiger partial charge in [-0.15, -0.1) is 11.3 Å². The Balaban J connectivity index is 1.39. The highest BCUT2D eigenvalue weighted by atomic mass is 32.2. The van der Waals surface area contributed by atoms with Crippen molar-refractivity contribution in [1.29, 1.82) is 0 Å². The van der Waals surface area contributed by atoms with Gasteiger partial charge in [0.2, 0.25) is 5.91 Å². The first-order chi connectivity index (χ1) is 14.4. The van der Waals surface area contributed by atoms with Crippen molar-refractivity contribution in [3.63, 3.8) is 0 Å². The highest BCUT2D eigenvalue weighted by Crippen LogP contribution is 2.46. The van der Waals surface area contributed by atoms with Crippen LogP contribution in [-0.2, 0) is 21.2 Å². The summed E-state index contributed by atoms with van der Waals surface area (Å²) in [5, 5.41) is 4.92. The second kappa shape index (κ2) is 8.62. The maximum absolute atomic E-state index is 12.7. The van der Waals surface area contributed by atoms with Crippen LogP contribution in [0.15, 0.2) is 76.3 Å². The largest absolute Gasteiger partial charge is 0.349 e. The van der Waals surface area contributed by atoms with Crippen LogP contribution in [0.5, 0.6) is 0 Å². The Morgan fingerprint density at radius 2 is 1.77 bits per heavy atom. The smallest absolute Gasteiger partial charge is 0.271 e. The van der Waals surface area contributed by atoms with Crippen LogP contribution in [0.25, 0.3) is 0 Å². The third-order valence-electron chi connectivity index (χ3n) is 5.41. The van der Waals surface area contributed by atoms with Crippen LogP contribution in [0.1, 0.15) is 30.5 Å². The molecule has 156 valence electrons. The van der Waals surface area contributed by atoms with Crippen molar-refractivity contribution in [3.05, 3.63) is 83.2 Å². The summed E-state index contributed by atoms with van der Waals surface area (Å²) in [4.78, 5) is 12.7. The summed E-state index contributed by atoms with van der Waals surface area (Å²) >= 11 is 1.17. The van der Waals surface area contributed by atoms with Crippen molar-refractivity contribution in [1.82, 2.24) is 5.32 Å². The lowest BCUT2D eigenvalue weighted by atomic mass is 10.0. The minimum atomic E-state index is -3.57. The van der Waals surface area contributed by atoms with Gasteiger partial charge in [0.15, 0.2) is 0 Å². The lowest BCUT2D eigenvalue weighted by molar-refractivity contribution is -0.121. The van der Waals surface area contributed by atoms with E-state index in [1.54, 1.807) is 41.8 Å². The number of sulfonamides is 1. The predicted octanol–water partition coefficient (Wildman–Crippen LogP) is 4.60. The number of carbonyl (C=O) groups is 1. The normalized spacial score (nSPS) is 19.1. The Bertz CT molecular complexity index is 1100. The molecule has 7 heteroatoms. The zero-order valence-electron chi connectivity index (χ0n) is 16.6. The van der Waals surface area contributed by atoms with E-state index in [-0.39, 0.29) is 22.6 Å². The van der Waals surface area contributed by atoms with Gasteiger partial charge >= 0.3 is 0 Å². The van der Waals surface area contributed by atoms with E-state index < -0.39 is 10.0 Å². The number of hydrogen-bond donors (Lipinski definition) is 2. The van der Waals surface area contributed by atoms with Crippen LogP contribution in [0.3, 0.4) is 0 Å². The maximum Gasteiger partial charge on any atom is 0.271 e. The summed E-state index contributed by atoms with van der Waals surface area (Å²) in [5.74, 6) is 1.06. The molecule has 4 rings (SSSR count). The standard InChI is InChI=1S/C23H24N2O3S2/c1-16-14-20(16)23(18-6-3-2-4-7-18)24-21(26)15-17-9-11-19(12-10-17)25-30(27,28)22-8-5-13-29-22/h2-13,16,20,23,25H,14-15H2,1H3,(H,24,26). The molecule has 3 aromatic rings. The first kappa shape index (κ1) is 20.6. The average molecular weight is 441 g/mol. The van der Waals surface area contributed by atoms with Crippen molar-refractivity contribution < 1.29 is 13.2 Å². The summed E-state index contributed by atoms with van der Waals surface area (Å²) in [6.07, 6.45) is 1.38. The van der Waals surface area contributed by atoms with Crippen LogP contribution in [0, 0.1) is 11.8 Å². The van der Waals surface area contributed by atoms with E-state index in [2.05, 4.69) is 29.1 Å². The summed E-state index contributed by atoms with van der Waals surface area (Å²) in [6.45, 7) is 2.21. The fourth-order valence-corrected chi connectivity index (χ4v) is 5.69. The molecule has 3 atom stereocenters. The van der Waals surface area contributed by atoms with Crippen LogP contribution >= 0.6 is 11.3 Å². The molecule has 30 heavy (non-hydrogen) atoms. The number of thiophene rings is 1. The number of amides is 1. The first-order valence-corrected chi connectivity index (χ1v) is 12.3. The molecular formula is C23H24N2O3S2. The molecule has 1 aliphatic carbocycles. The van der Waals surface area contributed by atoms with Crippen LogP contribution < -0.4 is 10.0 Å². The Morgan fingerprint density at radius 3 is 2.37 bits per heavy atom. The second-order valence-electron chi connectivity index (χ2n) is 7.74. The van der Waals surface area contributed by atoms with Gasteiger partial charge < -0.3 is 5.32 Å². The van der Waals surface area contributed by atoms with Crippen LogP contribution in [0.2, 0.25) is 0 Å². The molecule has 0 spiro atoms. The minimum absolute atomic E-state index is 0.0325. The molecule has 1 saturated carbocycles. The molecule has 3 unspecified atom stereocenters. The quantitative estimate of drug-likeness (QED) is 0.537. The Hall–Kier alpha value is -2.64. The Kier molecular flexibility index (Phi) is 5.92. The highest BCUT2D eigenvalue weighted by molar-refractivity contribution is 7.94. The van der Waals surface area contributed by atoms with Gasteiger partial charge in [0, 0.05) is 5.69 Å². The number of benzene rings is 2. The fourth-order valence-electron chi connectivity index (χ4n) is 3.64. The van der Waals surface area contributed by atoms with Crippen molar-refractivity contribution in [2.75, 3.05) is 4.72 Å². The van der Waals surface area contributed by atoms with Gasteiger partial charge in [-0.2, -0.15) is 0 Å². The molecule has 0 aliphatic heterocycles. The maximum atomic E-state index is 12.7. The molecule has 1 heterocycles. The second-order valence-corrected chi connectivity index (χ2v) is 10.6. The van der Waals surface area contributed by atoms with Gasteiger partial charge in [-0.1, -0.05) is 55.5 Å². The molecule has 0 saturated heterocycles. The SMILES string of the molecule is CC1CC1C(NC(=O)Cc1ccc(NS(=O)(=O)c2cccs2)cc1)c1ccccc1. The van der Waals surface area contributed by atoms with Crippen molar-refractivity contribution in [2.24, 2.45) is 11.8 Å². The molecule has 1 amide bonds. The molecular weight excluding hydrogens is 416 g/mol. The third-order valence-corrected chi connectivity index (χ3v) is 8.18. The highest BCUT2D eigenvalue weighted by Gasteiger charge is 2.40. The van der Waals surface area contributed by atoms with Crippen molar-refractivity contribution in [2.45, 2.75) is 30.0 Å². The van der Waals surface area contributed by atoms with E-state index in [1.807, 2.05) is 18.2 Å². The molecule has 1 aromatic heterocycles. The zero-order valence-corrected chi connectivity index (χ0v) is 18.2. The van der Waals surface area contributed by atoms with Crippen molar-refractivity contribution >= 4 is 33.0 Å². The van der Waals surface area contributed by atoms with Gasteiger partial charge in [-0.05, 0) is 53.0 Å². The van der Waals surface area contributed by atoms with Gasteiger partial charge in [0.05, 0.1) is 12.5 Å². The molecule has 1 fully saturated rings. The summed E-state index contributed by atoms with van der Waals surface area (Å²) in [5.41, 5.74) is 2.45. The van der Waals surface area contributed by atoms with Crippen LogP contribution in [-0.4, -0.2) is 14.3 Å². The Morgan fingerprint density at radius 1 is 1.07 bits per heavy atom. The Labute approximate surface area is 181 Å². The predicted molar refractivity (Wildman–Crippen MR) is 120 cm³/mol. The zero-order chi connectivity index (χ0) is 21.1. The summed E-state index contributed by atoms with van der Waals surface area (Å²) in [7, 11) is -3.57. The number of carbonyl (C=O) groups excluding carboxylic acids is 1. The van der Waals surface area contributed by atoms with Crippen LogP contribution in [0.4, 0.5) is 5.69 Å². The van der Waals surface area contributed by atoms with E-state index in [0.717, 1.165) is 17.5 Å². The summed E-state index contributed by atoms with van der Waals surface area (Å²) < 4.78 is 27.5. The van der Waals surface area contributed by atoms with E-state index in [4.69, 9.17) is 0 Å².